The number of aliphatic hydroxyl groups is 1. The van der Waals surface area contributed by atoms with Gasteiger partial charge in [-0.25, -0.2) is 0 Å². The largest absolute Gasteiger partial charge is 0.396 e. The smallest absolute Gasteiger partial charge is 0.166 e. The Balaban J connectivity index is 4.28. The van der Waals surface area contributed by atoms with E-state index in [4.69, 9.17) is 20.3 Å². The maximum absolute atomic E-state index is 9.17. The molecule has 80 valence electrons. The second kappa shape index (κ2) is 6.32. The molecule has 0 aliphatic carbocycles. The third-order valence-electron chi connectivity index (χ3n) is 2.03. The van der Waals surface area contributed by atoms with E-state index < -0.39 is 11.7 Å². The summed E-state index contributed by atoms with van der Waals surface area (Å²) in [7, 11) is 0. The molecule has 0 saturated heterocycles. The van der Waals surface area contributed by atoms with Crippen LogP contribution in [0.25, 0.3) is 0 Å². The quantitative estimate of drug-likeness (QED) is 0.570. The minimum Gasteiger partial charge on any atom is -0.396 e. The minimum absolute atomic E-state index is 0.0336. The van der Waals surface area contributed by atoms with Gasteiger partial charge in [-0.15, -0.1) is 0 Å². The third kappa shape index (κ3) is 3.60. The Morgan fingerprint density at radius 1 is 1.31 bits per heavy atom. The molecule has 0 aromatic heterocycles. The van der Waals surface area contributed by atoms with Crippen LogP contribution in [-0.4, -0.2) is 37.8 Å². The molecule has 0 saturated carbocycles. The standard InChI is InChI=1S/C9H21NO3/c1-4-12-8(13-5-2)9(3,6-10)7-11/h8,11H,4-7,10H2,1-3H3. The molecule has 0 rings (SSSR count). The molecule has 0 aromatic carbocycles. The van der Waals surface area contributed by atoms with E-state index in [0.29, 0.717) is 19.8 Å². The Kier molecular flexibility index (Phi) is 6.24. The maximum Gasteiger partial charge on any atom is 0.166 e. The van der Waals surface area contributed by atoms with Crippen LogP contribution in [-0.2, 0) is 9.47 Å². The Hall–Kier alpha value is -0.160. The van der Waals surface area contributed by atoms with Crippen molar-refractivity contribution in [1.29, 1.82) is 0 Å². The van der Waals surface area contributed by atoms with E-state index in [1.54, 1.807) is 0 Å². The van der Waals surface area contributed by atoms with Crippen LogP contribution >= 0.6 is 0 Å². The predicted molar refractivity (Wildman–Crippen MR) is 51.3 cm³/mol. The van der Waals surface area contributed by atoms with Crippen molar-refractivity contribution in [2.24, 2.45) is 11.1 Å². The lowest BCUT2D eigenvalue weighted by atomic mass is 9.91. The zero-order chi connectivity index (χ0) is 10.3. The molecule has 13 heavy (non-hydrogen) atoms. The number of aliphatic hydroxyl groups excluding tert-OH is 1. The van der Waals surface area contributed by atoms with Gasteiger partial charge in [0.1, 0.15) is 0 Å². The van der Waals surface area contributed by atoms with Gasteiger partial charge < -0.3 is 20.3 Å². The summed E-state index contributed by atoms with van der Waals surface area (Å²) in [6, 6.07) is 0. The topological polar surface area (TPSA) is 64.7 Å². The van der Waals surface area contributed by atoms with Crippen LogP contribution in [0, 0.1) is 5.41 Å². The highest BCUT2D eigenvalue weighted by molar-refractivity contribution is 4.78. The first-order chi connectivity index (χ1) is 6.14. The summed E-state index contributed by atoms with van der Waals surface area (Å²) in [6.45, 7) is 7.05. The molecule has 0 amide bonds. The lowest BCUT2D eigenvalue weighted by Gasteiger charge is -2.33. The first-order valence-electron chi connectivity index (χ1n) is 4.68. The van der Waals surface area contributed by atoms with Gasteiger partial charge in [-0.05, 0) is 13.8 Å². The lowest BCUT2D eigenvalue weighted by Crippen LogP contribution is -2.45. The van der Waals surface area contributed by atoms with E-state index in [2.05, 4.69) is 0 Å². The number of ether oxygens (including phenoxy) is 2. The first kappa shape index (κ1) is 12.8. The van der Waals surface area contributed by atoms with Crippen molar-refractivity contribution in [3.63, 3.8) is 0 Å². The summed E-state index contributed by atoms with van der Waals surface area (Å²) in [6.07, 6.45) is -0.419. The number of nitrogens with two attached hydrogens (primary N) is 1. The predicted octanol–water partition coefficient (Wildman–Crippen LogP) is 0.343. The summed E-state index contributed by atoms with van der Waals surface area (Å²) in [5.74, 6) is 0. The van der Waals surface area contributed by atoms with Crippen LogP contribution in [0.3, 0.4) is 0 Å². The van der Waals surface area contributed by atoms with E-state index in [1.807, 2.05) is 20.8 Å². The average molecular weight is 191 g/mol. The molecule has 3 N–H and O–H groups in total. The van der Waals surface area contributed by atoms with Crippen LogP contribution in [0.15, 0.2) is 0 Å². The van der Waals surface area contributed by atoms with Gasteiger partial charge in [0.25, 0.3) is 0 Å². The molecule has 4 nitrogen and oxygen atoms in total. The number of rotatable bonds is 7. The van der Waals surface area contributed by atoms with Gasteiger partial charge in [-0.1, -0.05) is 6.92 Å². The Morgan fingerprint density at radius 3 is 2.00 bits per heavy atom. The van der Waals surface area contributed by atoms with Crippen molar-refractivity contribution in [3.8, 4) is 0 Å². The summed E-state index contributed by atoms with van der Waals surface area (Å²) >= 11 is 0. The second-order valence-corrected chi connectivity index (χ2v) is 3.26. The zero-order valence-corrected chi connectivity index (χ0v) is 8.75. The van der Waals surface area contributed by atoms with Gasteiger partial charge in [0.2, 0.25) is 0 Å². The van der Waals surface area contributed by atoms with Crippen molar-refractivity contribution < 1.29 is 14.6 Å². The van der Waals surface area contributed by atoms with Crippen LogP contribution in [0.2, 0.25) is 0 Å². The van der Waals surface area contributed by atoms with Crippen molar-refractivity contribution in [3.05, 3.63) is 0 Å². The minimum atomic E-state index is -0.508. The molecule has 0 fully saturated rings. The molecule has 4 heteroatoms. The lowest BCUT2D eigenvalue weighted by molar-refractivity contribution is -0.205. The van der Waals surface area contributed by atoms with Gasteiger partial charge in [-0.2, -0.15) is 0 Å². The van der Waals surface area contributed by atoms with Gasteiger partial charge >= 0.3 is 0 Å². The summed E-state index contributed by atoms with van der Waals surface area (Å²) < 4.78 is 10.7. The maximum atomic E-state index is 9.17. The zero-order valence-electron chi connectivity index (χ0n) is 8.75. The van der Waals surface area contributed by atoms with E-state index in [1.165, 1.54) is 0 Å². The van der Waals surface area contributed by atoms with Crippen LogP contribution in [0.4, 0.5) is 0 Å². The molecule has 0 bridgehead atoms. The summed E-state index contributed by atoms with van der Waals surface area (Å²) in [5, 5.41) is 9.17. The monoisotopic (exact) mass is 191 g/mol. The van der Waals surface area contributed by atoms with Gasteiger partial charge in [-0.3, -0.25) is 0 Å². The van der Waals surface area contributed by atoms with Gasteiger partial charge in [0.05, 0.1) is 12.0 Å². The third-order valence-corrected chi connectivity index (χ3v) is 2.03. The van der Waals surface area contributed by atoms with Crippen molar-refractivity contribution in [2.75, 3.05) is 26.4 Å². The molecular formula is C9H21NO3. The molecule has 0 aliphatic rings. The van der Waals surface area contributed by atoms with Crippen LogP contribution < -0.4 is 5.73 Å². The summed E-state index contributed by atoms with van der Waals surface area (Å²) in [5.41, 5.74) is 5.05. The Bertz CT molecular complexity index is 120. The number of hydrogen-bond acceptors (Lipinski definition) is 4. The second-order valence-electron chi connectivity index (χ2n) is 3.26. The Labute approximate surface area is 80.0 Å². The highest BCUT2D eigenvalue weighted by Gasteiger charge is 2.33. The normalized spacial score (nSPS) is 16.2. The van der Waals surface area contributed by atoms with E-state index in [9.17, 15) is 0 Å². The van der Waals surface area contributed by atoms with E-state index in [0.717, 1.165) is 0 Å². The van der Waals surface area contributed by atoms with Gasteiger partial charge in [0.15, 0.2) is 6.29 Å². The molecule has 0 aliphatic heterocycles. The van der Waals surface area contributed by atoms with Crippen LogP contribution in [0.5, 0.6) is 0 Å². The van der Waals surface area contributed by atoms with Crippen LogP contribution in [0.1, 0.15) is 20.8 Å². The fourth-order valence-corrected chi connectivity index (χ4v) is 0.989. The molecule has 0 spiro atoms. The Morgan fingerprint density at radius 2 is 1.77 bits per heavy atom. The first-order valence-corrected chi connectivity index (χ1v) is 4.68. The van der Waals surface area contributed by atoms with E-state index >= 15 is 0 Å². The SMILES string of the molecule is CCOC(OCC)C(C)(CN)CO. The fourth-order valence-electron chi connectivity index (χ4n) is 0.989. The molecule has 1 atom stereocenters. The van der Waals surface area contributed by atoms with Crippen molar-refractivity contribution in [1.82, 2.24) is 0 Å². The number of hydrogen-bond donors (Lipinski definition) is 2. The fraction of sp³-hybridized carbons (Fsp3) is 1.00. The summed E-state index contributed by atoms with van der Waals surface area (Å²) in [4.78, 5) is 0. The highest BCUT2D eigenvalue weighted by Crippen LogP contribution is 2.23. The van der Waals surface area contributed by atoms with Crippen molar-refractivity contribution >= 4 is 0 Å². The average Bonchev–Trinajstić information content (AvgIpc) is 2.16. The molecular weight excluding hydrogens is 170 g/mol. The van der Waals surface area contributed by atoms with Crippen molar-refractivity contribution in [2.45, 2.75) is 27.1 Å². The molecule has 1 unspecified atom stereocenters. The molecule has 0 heterocycles. The molecule has 0 aromatic rings. The van der Waals surface area contributed by atoms with E-state index in [-0.39, 0.29) is 6.61 Å². The van der Waals surface area contributed by atoms with Gasteiger partial charge in [0, 0.05) is 19.8 Å². The molecule has 0 radical (unpaired) electrons. The highest BCUT2D eigenvalue weighted by atomic mass is 16.7.